The number of alkyl halides is 1. The van der Waals surface area contributed by atoms with Crippen molar-refractivity contribution in [1.29, 1.82) is 0 Å². The highest BCUT2D eigenvalue weighted by atomic mass is 32.2. The Balaban J connectivity index is 1.68. The summed E-state index contributed by atoms with van der Waals surface area (Å²) in [6.07, 6.45) is 0.695. The number of hydrogen-bond acceptors (Lipinski definition) is 5. The van der Waals surface area contributed by atoms with E-state index in [4.69, 9.17) is 0 Å². The van der Waals surface area contributed by atoms with E-state index in [1.807, 2.05) is 0 Å². The van der Waals surface area contributed by atoms with Crippen LogP contribution in [0.1, 0.15) is 6.42 Å². The van der Waals surface area contributed by atoms with Crippen molar-refractivity contribution in [2.75, 3.05) is 24.7 Å². The van der Waals surface area contributed by atoms with E-state index >= 15 is 0 Å². The summed E-state index contributed by atoms with van der Waals surface area (Å²) in [6, 6.07) is 0.949. The third-order valence-electron chi connectivity index (χ3n) is 5.00. The number of piperidine rings is 1. The molecule has 1 aliphatic heterocycles. The Morgan fingerprint density at radius 3 is 2.39 bits per heavy atom. The Morgan fingerprint density at radius 1 is 1.10 bits per heavy atom. The minimum atomic E-state index is -3.54. The maximum Gasteiger partial charge on any atom is 0.241 e. The van der Waals surface area contributed by atoms with Gasteiger partial charge in [0.05, 0.1) is 29.6 Å². The summed E-state index contributed by atoms with van der Waals surface area (Å²) in [7, 11) is -3.54. The average Bonchev–Trinajstić information content (AvgIpc) is 2.97. The summed E-state index contributed by atoms with van der Waals surface area (Å²) < 4.78 is 95.7. The third kappa shape index (κ3) is 4.06. The Kier molecular flexibility index (Phi) is 5.33. The van der Waals surface area contributed by atoms with Gasteiger partial charge in [-0.25, -0.2) is 39.9 Å². The van der Waals surface area contributed by atoms with Crippen molar-refractivity contribution >= 4 is 21.5 Å². The predicted molar refractivity (Wildman–Crippen MR) is 102 cm³/mol. The molecule has 0 aliphatic carbocycles. The minimum absolute atomic E-state index is 0.0601. The molecule has 166 valence electrons. The zero-order chi connectivity index (χ0) is 22.5. The predicted octanol–water partition coefficient (Wildman–Crippen LogP) is 2.74. The molecule has 2 atom stereocenters. The van der Waals surface area contributed by atoms with Gasteiger partial charge in [0, 0.05) is 31.3 Å². The molecule has 31 heavy (non-hydrogen) atoms. The molecule has 1 fully saturated rings. The second-order valence-corrected chi connectivity index (χ2v) is 9.16. The van der Waals surface area contributed by atoms with Crippen LogP contribution in [0, 0.1) is 23.3 Å². The van der Waals surface area contributed by atoms with Crippen LogP contribution < -0.4 is 5.32 Å². The number of rotatable bonds is 4. The smallest absolute Gasteiger partial charge is 0.241 e. The van der Waals surface area contributed by atoms with Crippen molar-refractivity contribution in [3.63, 3.8) is 0 Å². The standard InChI is InChI=1S/C18H16F5N5O2S/c1-31(29,30)27-3-2-15(14(23)8-27)25-18-24-7-10-6-13(22)17(28(10)26-18)16-11(20)4-9(19)5-12(16)21/h4-7,14-15H,2-3,8H2,1H3,(H,25,26)/t14-,15-/m1/s1. The topological polar surface area (TPSA) is 79.6 Å². The Morgan fingerprint density at radius 2 is 1.77 bits per heavy atom. The lowest BCUT2D eigenvalue weighted by atomic mass is 10.1. The van der Waals surface area contributed by atoms with Gasteiger partial charge in [-0.15, -0.1) is 5.10 Å². The van der Waals surface area contributed by atoms with Gasteiger partial charge in [0.1, 0.15) is 29.3 Å². The number of hydrogen-bond donors (Lipinski definition) is 1. The second kappa shape index (κ2) is 7.71. The largest absolute Gasteiger partial charge is 0.347 e. The fourth-order valence-electron chi connectivity index (χ4n) is 3.50. The molecule has 3 aromatic rings. The Bertz CT molecular complexity index is 1240. The van der Waals surface area contributed by atoms with Crippen LogP contribution in [0.3, 0.4) is 0 Å². The number of benzene rings is 1. The first-order chi connectivity index (χ1) is 14.5. The van der Waals surface area contributed by atoms with Gasteiger partial charge in [0.15, 0.2) is 5.82 Å². The number of sulfonamides is 1. The molecule has 1 N–H and O–H groups in total. The van der Waals surface area contributed by atoms with E-state index in [0.717, 1.165) is 21.1 Å². The number of halogens is 5. The normalized spacial score (nSPS) is 20.3. The van der Waals surface area contributed by atoms with Crippen molar-refractivity contribution in [1.82, 2.24) is 18.9 Å². The van der Waals surface area contributed by atoms with E-state index in [2.05, 4.69) is 15.4 Å². The van der Waals surface area contributed by atoms with Crippen LogP contribution in [0.25, 0.3) is 16.8 Å². The van der Waals surface area contributed by atoms with Crippen LogP contribution in [-0.2, 0) is 10.0 Å². The van der Waals surface area contributed by atoms with Gasteiger partial charge < -0.3 is 5.32 Å². The highest BCUT2D eigenvalue weighted by Crippen LogP contribution is 2.31. The maximum atomic E-state index is 14.5. The van der Waals surface area contributed by atoms with Crippen molar-refractivity contribution in [3.8, 4) is 11.3 Å². The van der Waals surface area contributed by atoms with Gasteiger partial charge in [0.25, 0.3) is 0 Å². The lowest BCUT2D eigenvalue weighted by Gasteiger charge is -2.33. The molecule has 1 aromatic carbocycles. The first kappa shape index (κ1) is 21.4. The number of fused-ring (bicyclic) bond motifs is 1. The van der Waals surface area contributed by atoms with Crippen LogP contribution in [0.15, 0.2) is 24.4 Å². The quantitative estimate of drug-likeness (QED) is 0.605. The first-order valence-corrected chi connectivity index (χ1v) is 10.9. The molecule has 13 heteroatoms. The summed E-state index contributed by atoms with van der Waals surface area (Å²) in [5.74, 6) is -4.97. The van der Waals surface area contributed by atoms with Gasteiger partial charge in [-0.05, 0) is 6.42 Å². The van der Waals surface area contributed by atoms with Crippen molar-refractivity contribution in [2.45, 2.75) is 18.6 Å². The van der Waals surface area contributed by atoms with Crippen LogP contribution in [0.2, 0.25) is 0 Å². The number of nitrogens with one attached hydrogen (secondary N) is 1. The van der Waals surface area contributed by atoms with Crippen molar-refractivity contribution in [3.05, 3.63) is 47.7 Å². The van der Waals surface area contributed by atoms with Gasteiger partial charge in [-0.1, -0.05) is 0 Å². The number of aromatic nitrogens is 3. The van der Waals surface area contributed by atoms with Gasteiger partial charge >= 0.3 is 0 Å². The molecule has 0 bridgehead atoms. The number of nitrogens with zero attached hydrogens (tertiary/aromatic N) is 4. The Labute approximate surface area is 173 Å². The van der Waals surface area contributed by atoms with Gasteiger partial charge in [-0.2, -0.15) is 4.31 Å². The van der Waals surface area contributed by atoms with Gasteiger partial charge in [-0.3, -0.25) is 0 Å². The molecule has 4 rings (SSSR count). The molecular formula is C18H16F5N5O2S. The molecule has 0 radical (unpaired) electrons. The second-order valence-electron chi connectivity index (χ2n) is 7.18. The highest BCUT2D eigenvalue weighted by molar-refractivity contribution is 7.88. The molecular weight excluding hydrogens is 445 g/mol. The molecule has 0 amide bonds. The summed E-state index contributed by atoms with van der Waals surface area (Å²) in [5.41, 5.74) is -1.34. The van der Waals surface area contributed by atoms with E-state index in [0.29, 0.717) is 12.1 Å². The summed E-state index contributed by atoms with van der Waals surface area (Å²) >= 11 is 0. The first-order valence-electron chi connectivity index (χ1n) is 9.09. The van der Waals surface area contributed by atoms with E-state index in [1.165, 1.54) is 6.20 Å². The molecule has 7 nitrogen and oxygen atoms in total. The van der Waals surface area contributed by atoms with Gasteiger partial charge in [0.2, 0.25) is 16.0 Å². The zero-order valence-corrected chi connectivity index (χ0v) is 16.8. The van der Waals surface area contributed by atoms with Crippen molar-refractivity contribution in [2.24, 2.45) is 0 Å². The van der Waals surface area contributed by atoms with Crippen LogP contribution in [0.5, 0.6) is 0 Å². The summed E-state index contributed by atoms with van der Waals surface area (Å²) in [5, 5.41) is 6.71. The highest BCUT2D eigenvalue weighted by Gasteiger charge is 2.33. The molecule has 0 spiro atoms. The van der Waals surface area contributed by atoms with Crippen molar-refractivity contribution < 1.29 is 30.4 Å². The fraction of sp³-hybridized carbons (Fsp3) is 0.333. The maximum absolute atomic E-state index is 14.5. The van der Waals surface area contributed by atoms with Crippen LogP contribution >= 0.6 is 0 Å². The summed E-state index contributed by atoms with van der Waals surface area (Å²) in [6.45, 7) is -0.275. The summed E-state index contributed by atoms with van der Waals surface area (Å²) in [4.78, 5) is 3.95. The molecule has 0 saturated carbocycles. The Hall–Kier alpha value is -2.80. The minimum Gasteiger partial charge on any atom is -0.347 e. The van der Waals surface area contributed by atoms with E-state index in [1.54, 1.807) is 0 Å². The molecule has 2 aromatic heterocycles. The molecule has 1 saturated heterocycles. The SMILES string of the molecule is CS(=O)(=O)N1CC[C@@H](Nc2ncc3cc(F)c(-c4c(F)cc(F)cc4F)n3n2)[C@H](F)C1. The fourth-order valence-corrected chi connectivity index (χ4v) is 4.35. The van der Waals surface area contributed by atoms with E-state index in [-0.39, 0.29) is 31.0 Å². The lowest BCUT2D eigenvalue weighted by Crippen LogP contribution is -2.49. The molecule has 3 heterocycles. The monoisotopic (exact) mass is 461 g/mol. The molecule has 1 aliphatic rings. The zero-order valence-electron chi connectivity index (χ0n) is 16.0. The lowest BCUT2D eigenvalue weighted by molar-refractivity contribution is 0.186. The van der Waals surface area contributed by atoms with E-state index < -0.39 is 56.8 Å². The third-order valence-corrected chi connectivity index (χ3v) is 6.27. The van der Waals surface area contributed by atoms with Crippen LogP contribution in [-0.4, -0.2) is 58.9 Å². The number of anilines is 1. The molecule has 0 unspecified atom stereocenters. The van der Waals surface area contributed by atoms with E-state index in [9.17, 15) is 30.4 Å². The van der Waals surface area contributed by atoms with Crippen LogP contribution in [0.4, 0.5) is 27.9 Å². The average molecular weight is 461 g/mol.